The fourth-order valence-corrected chi connectivity index (χ4v) is 2.46. The summed E-state index contributed by atoms with van der Waals surface area (Å²) in [7, 11) is 0. The van der Waals surface area contributed by atoms with E-state index in [0.717, 1.165) is 11.4 Å². The smallest absolute Gasteiger partial charge is 0.248 e. The molecule has 7 heteroatoms. The van der Waals surface area contributed by atoms with Gasteiger partial charge in [-0.05, 0) is 12.5 Å². The maximum atomic E-state index is 12.3. The van der Waals surface area contributed by atoms with E-state index in [0.29, 0.717) is 32.1 Å². The third-order valence-corrected chi connectivity index (χ3v) is 3.66. The fourth-order valence-electron chi connectivity index (χ4n) is 2.46. The zero-order valence-corrected chi connectivity index (χ0v) is 13.1. The minimum absolute atomic E-state index is 0.0403. The van der Waals surface area contributed by atoms with Crippen LogP contribution < -0.4 is 0 Å². The minimum atomic E-state index is -0.285. The van der Waals surface area contributed by atoms with Crippen LogP contribution in [0.3, 0.4) is 0 Å². The van der Waals surface area contributed by atoms with Crippen LogP contribution in [0.15, 0.2) is 30.3 Å². The third kappa shape index (κ3) is 4.14. The van der Waals surface area contributed by atoms with Crippen LogP contribution in [-0.4, -0.2) is 52.3 Å². The summed E-state index contributed by atoms with van der Waals surface area (Å²) in [5.74, 6) is 1.28. The molecule has 1 fully saturated rings. The van der Waals surface area contributed by atoms with Crippen LogP contribution in [0.5, 0.6) is 0 Å². The lowest BCUT2D eigenvalue weighted by Crippen LogP contribution is -2.44. The van der Waals surface area contributed by atoms with Crippen molar-refractivity contribution in [2.24, 2.45) is 0 Å². The summed E-state index contributed by atoms with van der Waals surface area (Å²) in [6, 6.07) is 9.80. The number of amides is 1. The van der Waals surface area contributed by atoms with Gasteiger partial charge in [0.1, 0.15) is 18.5 Å². The number of carbonyl (C=O) groups excluding carboxylic acids is 1. The highest BCUT2D eigenvalue weighted by atomic mass is 16.5. The van der Waals surface area contributed by atoms with Crippen molar-refractivity contribution in [2.75, 3.05) is 26.3 Å². The summed E-state index contributed by atoms with van der Waals surface area (Å²) in [5.41, 5.74) is 1.05. The lowest BCUT2D eigenvalue weighted by molar-refractivity contribution is -0.144. The van der Waals surface area contributed by atoms with Gasteiger partial charge in [0.15, 0.2) is 5.82 Å². The Morgan fingerprint density at radius 3 is 3.00 bits per heavy atom. The molecule has 2 aromatic rings. The number of nitrogens with zero attached hydrogens (tertiary/aromatic N) is 3. The van der Waals surface area contributed by atoms with E-state index in [-0.39, 0.29) is 18.6 Å². The first-order valence-electron chi connectivity index (χ1n) is 7.62. The number of hydrogen-bond acceptors (Lipinski definition) is 5. The van der Waals surface area contributed by atoms with Crippen molar-refractivity contribution in [2.45, 2.75) is 19.6 Å². The van der Waals surface area contributed by atoms with Crippen LogP contribution in [-0.2, 0) is 20.9 Å². The van der Waals surface area contributed by atoms with E-state index in [1.54, 1.807) is 4.90 Å². The van der Waals surface area contributed by atoms with Crippen molar-refractivity contribution in [1.82, 2.24) is 20.1 Å². The maximum Gasteiger partial charge on any atom is 0.248 e. The van der Waals surface area contributed by atoms with Crippen molar-refractivity contribution in [3.8, 4) is 0 Å². The second-order valence-corrected chi connectivity index (χ2v) is 5.46. The largest absolute Gasteiger partial charge is 0.367 e. The SMILES string of the molecule is Cc1nc(C2CN(C(=O)COCc3ccccc3)CCO2)n[nH]1. The number of rotatable bonds is 5. The van der Waals surface area contributed by atoms with Gasteiger partial charge in [-0.2, -0.15) is 5.10 Å². The number of aryl methyl sites for hydroxylation is 1. The number of carbonyl (C=O) groups is 1. The Morgan fingerprint density at radius 1 is 1.43 bits per heavy atom. The topological polar surface area (TPSA) is 80.3 Å². The molecule has 122 valence electrons. The molecule has 1 N–H and O–H groups in total. The van der Waals surface area contributed by atoms with Gasteiger partial charge in [0.05, 0.1) is 19.8 Å². The van der Waals surface area contributed by atoms with Gasteiger partial charge in [-0.3, -0.25) is 9.89 Å². The van der Waals surface area contributed by atoms with Crippen molar-refractivity contribution in [3.05, 3.63) is 47.5 Å². The number of ether oxygens (including phenoxy) is 2. The maximum absolute atomic E-state index is 12.3. The highest BCUT2D eigenvalue weighted by Crippen LogP contribution is 2.19. The molecular formula is C16H20N4O3. The van der Waals surface area contributed by atoms with E-state index in [2.05, 4.69) is 15.2 Å². The Labute approximate surface area is 134 Å². The van der Waals surface area contributed by atoms with Gasteiger partial charge in [-0.15, -0.1) is 0 Å². The molecule has 1 aromatic carbocycles. The number of H-pyrrole nitrogens is 1. The highest BCUT2D eigenvalue weighted by molar-refractivity contribution is 5.77. The normalized spacial score (nSPS) is 18.1. The first-order chi connectivity index (χ1) is 11.2. The van der Waals surface area contributed by atoms with Crippen LogP contribution in [0.2, 0.25) is 0 Å². The first kappa shape index (κ1) is 15.6. The molecule has 1 amide bonds. The number of morpholine rings is 1. The number of nitrogens with one attached hydrogen (secondary N) is 1. The predicted molar refractivity (Wildman–Crippen MR) is 82.5 cm³/mol. The zero-order valence-electron chi connectivity index (χ0n) is 13.1. The number of benzene rings is 1. The highest BCUT2D eigenvalue weighted by Gasteiger charge is 2.27. The van der Waals surface area contributed by atoms with E-state index >= 15 is 0 Å². The number of aromatic nitrogens is 3. The average Bonchev–Trinajstić information content (AvgIpc) is 3.02. The van der Waals surface area contributed by atoms with E-state index in [4.69, 9.17) is 9.47 Å². The molecule has 1 aliphatic heterocycles. The second-order valence-electron chi connectivity index (χ2n) is 5.46. The van der Waals surface area contributed by atoms with Crippen LogP contribution in [0.4, 0.5) is 0 Å². The second kappa shape index (κ2) is 7.34. The minimum Gasteiger partial charge on any atom is -0.367 e. The van der Waals surface area contributed by atoms with Gasteiger partial charge in [0.25, 0.3) is 0 Å². The molecule has 0 spiro atoms. The molecule has 2 heterocycles. The Morgan fingerprint density at radius 2 is 2.26 bits per heavy atom. The van der Waals surface area contributed by atoms with Gasteiger partial charge in [0, 0.05) is 6.54 Å². The molecule has 1 saturated heterocycles. The van der Waals surface area contributed by atoms with E-state index < -0.39 is 0 Å². The van der Waals surface area contributed by atoms with Crippen molar-refractivity contribution in [1.29, 1.82) is 0 Å². The van der Waals surface area contributed by atoms with Gasteiger partial charge in [-0.25, -0.2) is 4.98 Å². The lowest BCUT2D eigenvalue weighted by Gasteiger charge is -2.31. The van der Waals surface area contributed by atoms with E-state index in [1.807, 2.05) is 37.3 Å². The molecule has 1 aromatic heterocycles. The van der Waals surface area contributed by atoms with E-state index in [9.17, 15) is 4.79 Å². The molecule has 0 saturated carbocycles. The van der Waals surface area contributed by atoms with Gasteiger partial charge >= 0.3 is 0 Å². The predicted octanol–water partition coefficient (Wildman–Crippen LogP) is 1.23. The fraction of sp³-hybridized carbons (Fsp3) is 0.438. The van der Waals surface area contributed by atoms with Gasteiger partial charge < -0.3 is 14.4 Å². The summed E-state index contributed by atoms with van der Waals surface area (Å²) < 4.78 is 11.2. The van der Waals surface area contributed by atoms with Crippen molar-refractivity contribution < 1.29 is 14.3 Å². The zero-order chi connectivity index (χ0) is 16.1. The van der Waals surface area contributed by atoms with Crippen LogP contribution >= 0.6 is 0 Å². The average molecular weight is 316 g/mol. The van der Waals surface area contributed by atoms with Crippen LogP contribution in [0.25, 0.3) is 0 Å². The Balaban J connectivity index is 1.49. The summed E-state index contributed by atoms with van der Waals surface area (Å²) in [5, 5.41) is 6.90. The summed E-state index contributed by atoms with van der Waals surface area (Å²) >= 11 is 0. The van der Waals surface area contributed by atoms with Gasteiger partial charge in [-0.1, -0.05) is 30.3 Å². The Hall–Kier alpha value is -2.25. The lowest BCUT2D eigenvalue weighted by atomic mass is 10.2. The van der Waals surface area contributed by atoms with Crippen LogP contribution in [0, 0.1) is 6.92 Å². The van der Waals surface area contributed by atoms with Crippen LogP contribution in [0.1, 0.15) is 23.3 Å². The quantitative estimate of drug-likeness (QED) is 0.897. The Bertz CT molecular complexity index is 644. The third-order valence-electron chi connectivity index (χ3n) is 3.66. The number of hydrogen-bond donors (Lipinski definition) is 1. The Kier molecular flexibility index (Phi) is 4.99. The molecular weight excluding hydrogens is 296 g/mol. The molecule has 1 atom stereocenters. The molecule has 0 bridgehead atoms. The first-order valence-corrected chi connectivity index (χ1v) is 7.62. The molecule has 1 unspecified atom stereocenters. The molecule has 23 heavy (non-hydrogen) atoms. The number of aromatic amines is 1. The standard InChI is InChI=1S/C16H20N4O3/c1-12-17-16(19-18-12)14-9-20(7-8-23-14)15(21)11-22-10-13-5-3-2-4-6-13/h2-6,14H,7-11H2,1H3,(H,17,18,19). The monoisotopic (exact) mass is 316 g/mol. The van der Waals surface area contributed by atoms with Gasteiger partial charge in [0.2, 0.25) is 5.91 Å². The molecule has 1 aliphatic rings. The molecule has 3 rings (SSSR count). The summed E-state index contributed by atoms with van der Waals surface area (Å²) in [6.45, 7) is 3.82. The summed E-state index contributed by atoms with van der Waals surface area (Å²) in [4.78, 5) is 18.3. The van der Waals surface area contributed by atoms with E-state index in [1.165, 1.54) is 0 Å². The molecule has 0 radical (unpaired) electrons. The summed E-state index contributed by atoms with van der Waals surface area (Å²) in [6.07, 6.45) is -0.285. The molecule has 0 aliphatic carbocycles. The van der Waals surface area contributed by atoms with Crippen molar-refractivity contribution >= 4 is 5.91 Å². The van der Waals surface area contributed by atoms with Crippen molar-refractivity contribution in [3.63, 3.8) is 0 Å². The molecule has 7 nitrogen and oxygen atoms in total.